The van der Waals surface area contributed by atoms with Gasteiger partial charge in [0, 0.05) is 0 Å². The van der Waals surface area contributed by atoms with Crippen molar-refractivity contribution in [3.8, 4) is 0 Å². The molecule has 52 valence electrons. The summed E-state index contributed by atoms with van der Waals surface area (Å²) in [7, 11) is 3.52. The fourth-order valence-corrected chi connectivity index (χ4v) is 3.43. The number of hydrogen-bond donors (Lipinski definition) is 0. The number of rotatable bonds is 4. The van der Waals surface area contributed by atoms with Crippen LogP contribution >= 0.6 is 0 Å². The molecule has 2 atom stereocenters. The van der Waals surface area contributed by atoms with Gasteiger partial charge in [-0.1, -0.05) is 0 Å². The maximum absolute atomic E-state index is 5.13. The second-order valence-corrected chi connectivity index (χ2v) is 8.14. The molecule has 0 fully saturated rings. The Bertz CT molecular complexity index is 60.1. The summed E-state index contributed by atoms with van der Waals surface area (Å²) in [4.78, 5) is 0. The van der Waals surface area contributed by atoms with E-state index in [2.05, 4.69) is 13.8 Å². The molecule has 0 aromatic carbocycles. The SMILES string of the molecule is CO[CH](C)[Zn][CH](C)OC. The Labute approximate surface area is 64.5 Å². The van der Waals surface area contributed by atoms with Gasteiger partial charge in [0.1, 0.15) is 0 Å². The van der Waals surface area contributed by atoms with Crippen LogP contribution in [0.1, 0.15) is 13.8 Å². The molecule has 0 aromatic rings. The van der Waals surface area contributed by atoms with Crippen LogP contribution in [0.2, 0.25) is 0 Å². The average Bonchev–Trinajstić information content (AvgIpc) is 1.87. The molecule has 0 saturated carbocycles. The van der Waals surface area contributed by atoms with Crippen molar-refractivity contribution < 1.29 is 26.6 Å². The predicted octanol–water partition coefficient (Wildman–Crippen LogP) is 1.05. The zero-order valence-electron chi connectivity index (χ0n) is 6.68. The van der Waals surface area contributed by atoms with Crippen LogP contribution in [0.3, 0.4) is 0 Å². The second kappa shape index (κ2) is 5.34. The van der Waals surface area contributed by atoms with E-state index in [9.17, 15) is 0 Å². The van der Waals surface area contributed by atoms with Gasteiger partial charge in [0.05, 0.1) is 0 Å². The van der Waals surface area contributed by atoms with E-state index in [0.717, 1.165) is 0 Å². The van der Waals surface area contributed by atoms with E-state index in [0.29, 0.717) is 9.40 Å². The van der Waals surface area contributed by atoms with Crippen molar-refractivity contribution in [3.05, 3.63) is 0 Å². The Balaban J connectivity index is 3.22. The Morgan fingerprint density at radius 2 is 1.33 bits per heavy atom. The summed E-state index contributed by atoms with van der Waals surface area (Å²) in [5.41, 5.74) is 0. The molecular weight excluding hydrogens is 169 g/mol. The van der Waals surface area contributed by atoms with E-state index in [1.807, 2.05) is 0 Å². The molecule has 0 N–H and O–H groups in total. The van der Waals surface area contributed by atoms with Gasteiger partial charge < -0.3 is 0 Å². The standard InChI is InChI=1S/2C3H7O.Zn/c2*1-3-4-2;/h2*3H,1-2H3;. The van der Waals surface area contributed by atoms with Crippen molar-refractivity contribution >= 4 is 0 Å². The third kappa shape index (κ3) is 5.01. The third-order valence-electron chi connectivity index (χ3n) is 1.47. The fourth-order valence-electron chi connectivity index (χ4n) is 0.660. The Kier molecular flexibility index (Phi) is 5.66. The fraction of sp³-hybridized carbons (Fsp3) is 1.00. The second-order valence-electron chi connectivity index (χ2n) is 2.33. The molecule has 0 amide bonds. The van der Waals surface area contributed by atoms with Crippen LogP contribution in [-0.2, 0) is 26.6 Å². The molecule has 0 rings (SSSR count). The van der Waals surface area contributed by atoms with Gasteiger partial charge in [-0.2, -0.15) is 0 Å². The molecule has 0 aliphatic carbocycles. The molecule has 2 unspecified atom stereocenters. The predicted molar refractivity (Wildman–Crippen MR) is 32.9 cm³/mol. The summed E-state index contributed by atoms with van der Waals surface area (Å²) in [6.45, 7) is 4.24. The summed E-state index contributed by atoms with van der Waals surface area (Å²) >= 11 is -0.587. The maximum atomic E-state index is 5.13. The molecular formula is C6H14O2Zn. The molecule has 3 heteroatoms. The minimum absolute atomic E-state index is 0.493. The molecule has 0 aromatic heterocycles. The van der Waals surface area contributed by atoms with Gasteiger partial charge in [-0.25, -0.2) is 0 Å². The topological polar surface area (TPSA) is 18.5 Å². The average molecular weight is 184 g/mol. The van der Waals surface area contributed by atoms with Crippen molar-refractivity contribution in [2.45, 2.75) is 23.2 Å². The molecule has 0 aliphatic rings. The van der Waals surface area contributed by atoms with E-state index in [-0.39, 0.29) is 0 Å². The van der Waals surface area contributed by atoms with E-state index in [4.69, 9.17) is 9.47 Å². The van der Waals surface area contributed by atoms with Crippen molar-refractivity contribution in [3.63, 3.8) is 0 Å². The Hall–Kier alpha value is 0.543. The first-order chi connectivity index (χ1) is 4.20. The molecule has 9 heavy (non-hydrogen) atoms. The van der Waals surface area contributed by atoms with Gasteiger partial charge in [0.15, 0.2) is 0 Å². The zero-order chi connectivity index (χ0) is 7.28. The first-order valence-electron chi connectivity index (χ1n) is 3.26. The minimum atomic E-state index is -0.587. The zero-order valence-corrected chi connectivity index (χ0v) is 9.65. The van der Waals surface area contributed by atoms with Gasteiger partial charge in [-0.15, -0.1) is 0 Å². The van der Waals surface area contributed by atoms with E-state index >= 15 is 0 Å². The van der Waals surface area contributed by atoms with Gasteiger partial charge in [-0.05, 0) is 0 Å². The Morgan fingerprint density at radius 1 is 1.00 bits per heavy atom. The summed E-state index contributed by atoms with van der Waals surface area (Å²) < 4.78 is 11.2. The molecule has 0 heterocycles. The van der Waals surface area contributed by atoms with E-state index < -0.39 is 17.1 Å². The van der Waals surface area contributed by atoms with Gasteiger partial charge in [-0.3, -0.25) is 0 Å². The van der Waals surface area contributed by atoms with Crippen LogP contribution in [0.5, 0.6) is 0 Å². The Morgan fingerprint density at radius 3 is 1.56 bits per heavy atom. The summed E-state index contributed by atoms with van der Waals surface area (Å²) in [6, 6.07) is 0. The number of hydrogen-bond acceptors (Lipinski definition) is 2. The molecule has 0 saturated heterocycles. The van der Waals surface area contributed by atoms with Crippen LogP contribution in [0.25, 0.3) is 0 Å². The van der Waals surface area contributed by atoms with E-state index in [1.54, 1.807) is 14.2 Å². The van der Waals surface area contributed by atoms with E-state index in [1.165, 1.54) is 0 Å². The third-order valence-corrected chi connectivity index (χ3v) is 5.65. The number of ether oxygens (including phenoxy) is 2. The first kappa shape index (κ1) is 9.54. The summed E-state index contributed by atoms with van der Waals surface area (Å²) in [5, 5.41) is 0. The first-order valence-corrected chi connectivity index (χ1v) is 6.69. The molecule has 2 nitrogen and oxygen atoms in total. The van der Waals surface area contributed by atoms with Gasteiger partial charge in [0.25, 0.3) is 0 Å². The quantitative estimate of drug-likeness (QED) is 0.607. The summed E-state index contributed by atoms with van der Waals surface area (Å²) in [6.07, 6.45) is 0. The normalized spacial score (nSPS) is 16.4. The van der Waals surface area contributed by atoms with Crippen LogP contribution in [0.15, 0.2) is 0 Å². The van der Waals surface area contributed by atoms with Gasteiger partial charge in [0.2, 0.25) is 0 Å². The monoisotopic (exact) mass is 182 g/mol. The molecule has 0 aliphatic heterocycles. The van der Waals surface area contributed by atoms with Crippen LogP contribution in [-0.4, -0.2) is 23.6 Å². The molecule has 0 radical (unpaired) electrons. The van der Waals surface area contributed by atoms with Crippen LogP contribution in [0.4, 0.5) is 0 Å². The van der Waals surface area contributed by atoms with Crippen molar-refractivity contribution in [1.82, 2.24) is 0 Å². The van der Waals surface area contributed by atoms with Gasteiger partial charge >= 0.3 is 64.1 Å². The number of methoxy groups -OCH3 is 2. The van der Waals surface area contributed by atoms with Crippen molar-refractivity contribution in [2.24, 2.45) is 0 Å². The van der Waals surface area contributed by atoms with Crippen molar-refractivity contribution in [1.29, 1.82) is 0 Å². The van der Waals surface area contributed by atoms with Crippen molar-refractivity contribution in [2.75, 3.05) is 14.2 Å². The molecule has 0 spiro atoms. The summed E-state index contributed by atoms with van der Waals surface area (Å²) in [5.74, 6) is 0. The molecule has 0 bridgehead atoms. The van der Waals surface area contributed by atoms with Crippen LogP contribution < -0.4 is 0 Å². The van der Waals surface area contributed by atoms with Crippen LogP contribution in [0, 0.1) is 0 Å².